The molecule has 0 unspecified atom stereocenters. The predicted octanol–water partition coefficient (Wildman–Crippen LogP) is 2.74. The molecule has 3 amide bonds. The van der Waals surface area contributed by atoms with Gasteiger partial charge < -0.3 is 11.1 Å². The van der Waals surface area contributed by atoms with Crippen LogP contribution in [0.3, 0.4) is 0 Å². The van der Waals surface area contributed by atoms with Crippen molar-refractivity contribution in [1.29, 1.82) is 0 Å². The number of nitrogens with one attached hydrogen (secondary N) is 2. The van der Waals surface area contributed by atoms with Gasteiger partial charge >= 0.3 is 0 Å². The maximum Gasteiger partial charge on any atom is 0.267 e. The van der Waals surface area contributed by atoms with Gasteiger partial charge in [-0.15, -0.1) is 22.7 Å². The molecule has 26 heavy (non-hydrogen) atoms. The molecular formula is C17H14N4O3S2. The number of rotatable bonds is 6. The maximum atomic E-state index is 12.1. The summed E-state index contributed by atoms with van der Waals surface area (Å²) in [6, 6.07) is 9.81. The van der Waals surface area contributed by atoms with Gasteiger partial charge in [-0.2, -0.15) is 0 Å². The Bertz CT molecular complexity index is 933. The first-order valence-corrected chi connectivity index (χ1v) is 9.26. The van der Waals surface area contributed by atoms with Gasteiger partial charge in [-0.25, -0.2) is 4.98 Å². The van der Waals surface area contributed by atoms with E-state index in [1.165, 1.54) is 22.7 Å². The minimum absolute atomic E-state index is 0.0724. The van der Waals surface area contributed by atoms with E-state index in [0.717, 1.165) is 0 Å². The Morgan fingerprint density at radius 3 is 2.46 bits per heavy atom. The van der Waals surface area contributed by atoms with Crippen LogP contribution in [-0.4, -0.2) is 22.7 Å². The number of primary amides is 1. The molecule has 3 aromatic rings. The number of thiophene rings is 1. The molecule has 0 bridgehead atoms. The summed E-state index contributed by atoms with van der Waals surface area (Å²) in [7, 11) is 0. The third-order valence-corrected chi connectivity index (χ3v) is 4.99. The molecule has 9 heteroatoms. The number of thiazole rings is 1. The van der Waals surface area contributed by atoms with Gasteiger partial charge in [0.2, 0.25) is 11.8 Å². The lowest BCUT2D eigenvalue weighted by molar-refractivity contribution is -0.115. The average molecular weight is 386 g/mol. The Balaban J connectivity index is 1.55. The zero-order chi connectivity index (χ0) is 18.5. The first-order valence-electron chi connectivity index (χ1n) is 7.50. The second kappa shape index (κ2) is 7.89. The van der Waals surface area contributed by atoms with E-state index in [9.17, 15) is 14.4 Å². The third kappa shape index (κ3) is 4.52. The number of hydrogen-bond donors (Lipinski definition) is 3. The van der Waals surface area contributed by atoms with Crippen LogP contribution in [0.4, 0.5) is 10.8 Å². The Labute approximate surface area is 156 Å². The standard InChI is InChI=1S/C17H14N4O3S2/c18-15(23)10-3-5-11(6-4-10)19-14(22)8-12-9-26-17(20-12)21-16(24)13-2-1-7-25-13/h1-7,9H,8H2,(H2,18,23)(H,19,22)(H,20,21,24). The minimum atomic E-state index is -0.525. The summed E-state index contributed by atoms with van der Waals surface area (Å²) in [6.07, 6.45) is 0.0724. The largest absolute Gasteiger partial charge is 0.366 e. The van der Waals surface area contributed by atoms with Gasteiger partial charge in [-0.05, 0) is 35.7 Å². The van der Waals surface area contributed by atoms with E-state index in [4.69, 9.17) is 5.73 Å². The second-order valence-electron chi connectivity index (χ2n) is 5.24. The monoisotopic (exact) mass is 386 g/mol. The van der Waals surface area contributed by atoms with Crippen molar-refractivity contribution < 1.29 is 14.4 Å². The summed E-state index contributed by atoms with van der Waals surface area (Å²) < 4.78 is 0. The van der Waals surface area contributed by atoms with Crippen LogP contribution < -0.4 is 16.4 Å². The molecule has 132 valence electrons. The number of amides is 3. The van der Waals surface area contributed by atoms with Gasteiger partial charge in [-0.3, -0.25) is 19.7 Å². The highest BCUT2D eigenvalue weighted by Gasteiger charge is 2.12. The Morgan fingerprint density at radius 2 is 1.81 bits per heavy atom. The summed E-state index contributed by atoms with van der Waals surface area (Å²) in [6.45, 7) is 0. The zero-order valence-corrected chi connectivity index (χ0v) is 15.0. The van der Waals surface area contributed by atoms with Gasteiger partial charge in [0.25, 0.3) is 5.91 Å². The zero-order valence-electron chi connectivity index (χ0n) is 13.4. The fourth-order valence-electron chi connectivity index (χ4n) is 2.10. The lowest BCUT2D eigenvalue weighted by Gasteiger charge is -2.04. The molecule has 0 saturated heterocycles. The van der Waals surface area contributed by atoms with Crippen molar-refractivity contribution in [2.45, 2.75) is 6.42 Å². The van der Waals surface area contributed by atoms with Gasteiger partial charge in [-0.1, -0.05) is 6.07 Å². The fourth-order valence-corrected chi connectivity index (χ4v) is 3.42. The summed E-state index contributed by atoms with van der Waals surface area (Å²) in [5.74, 6) is -0.999. The Morgan fingerprint density at radius 1 is 1.04 bits per heavy atom. The molecule has 3 rings (SSSR count). The predicted molar refractivity (Wildman–Crippen MR) is 102 cm³/mol. The molecule has 2 aromatic heterocycles. The molecule has 7 nitrogen and oxygen atoms in total. The quantitative estimate of drug-likeness (QED) is 0.604. The van der Waals surface area contributed by atoms with Crippen LogP contribution >= 0.6 is 22.7 Å². The first kappa shape index (κ1) is 17.8. The number of aromatic nitrogens is 1. The normalized spacial score (nSPS) is 10.3. The number of benzene rings is 1. The highest BCUT2D eigenvalue weighted by molar-refractivity contribution is 7.14. The smallest absolute Gasteiger partial charge is 0.267 e. The average Bonchev–Trinajstić information content (AvgIpc) is 3.27. The van der Waals surface area contributed by atoms with Crippen molar-refractivity contribution >= 4 is 51.2 Å². The van der Waals surface area contributed by atoms with Crippen molar-refractivity contribution in [3.8, 4) is 0 Å². The summed E-state index contributed by atoms with van der Waals surface area (Å²) in [5.41, 5.74) is 6.66. The number of nitrogens with zero attached hydrogens (tertiary/aromatic N) is 1. The van der Waals surface area contributed by atoms with E-state index >= 15 is 0 Å². The minimum Gasteiger partial charge on any atom is -0.366 e. The SMILES string of the molecule is NC(=O)c1ccc(NC(=O)Cc2csc(NC(=O)c3cccs3)n2)cc1. The van der Waals surface area contributed by atoms with Crippen LogP contribution in [0.15, 0.2) is 47.2 Å². The van der Waals surface area contributed by atoms with E-state index in [2.05, 4.69) is 15.6 Å². The Hall–Kier alpha value is -3.04. The number of carbonyl (C=O) groups is 3. The summed E-state index contributed by atoms with van der Waals surface area (Å²) in [4.78, 5) is 39.9. The summed E-state index contributed by atoms with van der Waals surface area (Å²) >= 11 is 2.60. The first-order chi connectivity index (χ1) is 12.5. The van der Waals surface area contributed by atoms with Crippen LogP contribution in [0.5, 0.6) is 0 Å². The number of carbonyl (C=O) groups excluding carboxylic acids is 3. The van der Waals surface area contributed by atoms with E-state index < -0.39 is 5.91 Å². The summed E-state index contributed by atoms with van der Waals surface area (Å²) in [5, 5.41) is 9.41. The van der Waals surface area contributed by atoms with Gasteiger partial charge in [0.15, 0.2) is 5.13 Å². The molecule has 0 saturated carbocycles. The number of hydrogen-bond acceptors (Lipinski definition) is 6. The molecule has 0 aliphatic rings. The Kier molecular flexibility index (Phi) is 5.40. The molecular weight excluding hydrogens is 372 g/mol. The fraction of sp³-hybridized carbons (Fsp3) is 0.0588. The number of nitrogens with two attached hydrogens (primary N) is 1. The lowest BCUT2D eigenvalue weighted by Crippen LogP contribution is -2.15. The molecule has 0 radical (unpaired) electrons. The maximum absolute atomic E-state index is 12.1. The van der Waals surface area contributed by atoms with E-state index in [1.807, 2.05) is 5.38 Å². The van der Waals surface area contributed by atoms with Gasteiger partial charge in [0.1, 0.15) is 0 Å². The van der Waals surface area contributed by atoms with E-state index in [1.54, 1.807) is 41.8 Å². The molecule has 2 heterocycles. The van der Waals surface area contributed by atoms with Crippen LogP contribution in [-0.2, 0) is 11.2 Å². The van der Waals surface area contributed by atoms with E-state index in [-0.39, 0.29) is 18.2 Å². The number of anilines is 2. The second-order valence-corrected chi connectivity index (χ2v) is 7.05. The molecule has 4 N–H and O–H groups in total. The molecule has 0 atom stereocenters. The van der Waals surface area contributed by atoms with Crippen molar-refractivity contribution in [3.05, 3.63) is 63.3 Å². The third-order valence-electron chi connectivity index (χ3n) is 3.31. The molecule has 0 spiro atoms. The van der Waals surface area contributed by atoms with Gasteiger partial charge in [0, 0.05) is 16.6 Å². The van der Waals surface area contributed by atoms with Crippen molar-refractivity contribution in [2.24, 2.45) is 5.73 Å². The molecule has 0 aliphatic carbocycles. The van der Waals surface area contributed by atoms with Crippen molar-refractivity contribution in [1.82, 2.24) is 4.98 Å². The van der Waals surface area contributed by atoms with Crippen molar-refractivity contribution in [3.63, 3.8) is 0 Å². The molecule has 0 fully saturated rings. The van der Waals surface area contributed by atoms with E-state index in [0.29, 0.717) is 27.0 Å². The van der Waals surface area contributed by atoms with Gasteiger partial charge in [0.05, 0.1) is 17.0 Å². The molecule has 0 aliphatic heterocycles. The van der Waals surface area contributed by atoms with Crippen LogP contribution in [0.25, 0.3) is 0 Å². The van der Waals surface area contributed by atoms with Crippen molar-refractivity contribution in [2.75, 3.05) is 10.6 Å². The van der Waals surface area contributed by atoms with Crippen LogP contribution in [0, 0.1) is 0 Å². The van der Waals surface area contributed by atoms with Crippen LogP contribution in [0.1, 0.15) is 25.7 Å². The topological polar surface area (TPSA) is 114 Å². The highest BCUT2D eigenvalue weighted by atomic mass is 32.1. The highest BCUT2D eigenvalue weighted by Crippen LogP contribution is 2.19. The van der Waals surface area contributed by atoms with Crippen LogP contribution in [0.2, 0.25) is 0 Å². The molecule has 1 aromatic carbocycles. The lowest BCUT2D eigenvalue weighted by atomic mass is 10.2.